The number of carbonyl (C=O) groups excluding carboxylic acids is 2. The zero-order chi connectivity index (χ0) is 15.4. The quantitative estimate of drug-likeness (QED) is 0.624. The van der Waals surface area contributed by atoms with Gasteiger partial charge < -0.3 is 9.47 Å². The van der Waals surface area contributed by atoms with Crippen LogP contribution in [0.15, 0.2) is 30.3 Å². The van der Waals surface area contributed by atoms with Crippen molar-refractivity contribution in [2.45, 2.75) is 31.0 Å². The molecule has 0 radical (unpaired) electrons. The average molecular weight is 289 g/mol. The van der Waals surface area contributed by atoms with E-state index in [1.54, 1.807) is 0 Å². The van der Waals surface area contributed by atoms with Crippen LogP contribution in [0.3, 0.4) is 0 Å². The van der Waals surface area contributed by atoms with Crippen LogP contribution < -0.4 is 0 Å². The van der Waals surface area contributed by atoms with E-state index in [4.69, 9.17) is 9.47 Å². The number of fused-ring (bicyclic) bond motifs is 1. The molecule has 5 heteroatoms. The molecule has 2 saturated heterocycles. The molecule has 112 valence electrons. The summed E-state index contributed by atoms with van der Waals surface area (Å²) in [6.07, 6.45) is 0. The third-order valence-electron chi connectivity index (χ3n) is 5.24. The third kappa shape index (κ3) is 1.39. The maximum Gasteiger partial charge on any atom is 0.328 e. The first-order chi connectivity index (χ1) is 9.97. The number of hydrogen-bond acceptors (Lipinski definition) is 5. The Hall–Kier alpha value is -1.88. The van der Waals surface area contributed by atoms with Crippen LogP contribution in [0.4, 0.5) is 0 Å². The number of benzene rings is 1. The molecule has 0 bridgehead atoms. The largest absolute Gasteiger partial charge is 0.468 e. The standard InChI is InChI=1S/C16H19NO4/c1-10-15(2,13(18)20-3)17-12(11-8-6-5-7-9-11)16(10,17)14(19)21-4/h5-10,12H,1-4H3/t10-,12+,15+,16+,17?/m1/s1. The van der Waals surface area contributed by atoms with Crippen LogP contribution in [0.5, 0.6) is 0 Å². The average Bonchev–Trinajstić information content (AvgIpc) is 3.20. The van der Waals surface area contributed by atoms with Crippen molar-refractivity contribution in [2.75, 3.05) is 14.2 Å². The summed E-state index contributed by atoms with van der Waals surface area (Å²) in [7, 11) is 2.76. The molecule has 2 aliphatic rings. The first-order valence-corrected chi connectivity index (χ1v) is 6.98. The first kappa shape index (κ1) is 14.1. The van der Waals surface area contributed by atoms with Gasteiger partial charge in [0.1, 0.15) is 11.1 Å². The molecule has 1 aromatic carbocycles. The van der Waals surface area contributed by atoms with Gasteiger partial charge in [0, 0.05) is 5.92 Å². The van der Waals surface area contributed by atoms with Gasteiger partial charge in [-0.2, -0.15) is 0 Å². The predicted octanol–water partition coefficient (Wildman–Crippen LogP) is 1.54. The minimum Gasteiger partial charge on any atom is -0.468 e. The Labute approximate surface area is 123 Å². The van der Waals surface area contributed by atoms with Gasteiger partial charge >= 0.3 is 11.9 Å². The fourth-order valence-corrected chi connectivity index (χ4v) is 4.05. The highest BCUT2D eigenvalue weighted by Crippen LogP contribution is 2.73. The fourth-order valence-electron chi connectivity index (χ4n) is 4.05. The Morgan fingerprint density at radius 3 is 2.19 bits per heavy atom. The Morgan fingerprint density at radius 1 is 1.10 bits per heavy atom. The van der Waals surface area contributed by atoms with Crippen molar-refractivity contribution < 1.29 is 19.1 Å². The zero-order valence-corrected chi connectivity index (χ0v) is 12.6. The van der Waals surface area contributed by atoms with Crippen LogP contribution in [0.2, 0.25) is 0 Å². The molecule has 0 N–H and O–H groups in total. The Balaban J connectivity index is 2.04. The second kappa shape index (κ2) is 4.31. The topological polar surface area (TPSA) is 55.6 Å². The normalized spacial score (nSPS) is 39.7. The summed E-state index contributed by atoms with van der Waals surface area (Å²) in [6.45, 7) is 3.74. The van der Waals surface area contributed by atoms with E-state index in [0.717, 1.165) is 5.56 Å². The highest BCUT2D eigenvalue weighted by molar-refractivity contribution is 5.97. The Morgan fingerprint density at radius 2 is 1.67 bits per heavy atom. The lowest BCUT2D eigenvalue weighted by atomic mass is 9.69. The van der Waals surface area contributed by atoms with E-state index in [1.165, 1.54) is 14.2 Å². The molecule has 5 atom stereocenters. The van der Waals surface area contributed by atoms with Crippen LogP contribution in [0.1, 0.15) is 25.5 Å². The fraction of sp³-hybridized carbons (Fsp3) is 0.500. The summed E-state index contributed by atoms with van der Waals surface area (Å²) in [5.41, 5.74) is -0.509. The van der Waals surface area contributed by atoms with Crippen molar-refractivity contribution in [1.82, 2.24) is 4.90 Å². The monoisotopic (exact) mass is 289 g/mol. The number of rotatable bonds is 3. The van der Waals surface area contributed by atoms with Gasteiger partial charge in [0.2, 0.25) is 0 Å². The van der Waals surface area contributed by atoms with Gasteiger partial charge in [-0.15, -0.1) is 0 Å². The van der Waals surface area contributed by atoms with Crippen molar-refractivity contribution in [1.29, 1.82) is 0 Å². The summed E-state index contributed by atoms with van der Waals surface area (Å²) in [5.74, 6) is -0.770. The molecule has 1 unspecified atom stereocenters. The molecule has 2 aliphatic heterocycles. The van der Waals surface area contributed by atoms with Crippen LogP contribution in [-0.4, -0.2) is 42.1 Å². The van der Waals surface area contributed by atoms with E-state index < -0.39 is 11.1 Å². The lowest BCUT2D eigenvalue weighted by Crippen LogP contribution is -2.68. The number of methoxy groups -OCH3 is 2. The van der Waals surface area contributed by atoms with Crippen molar-refractivity contribution in [3.05, 3.63) is 35.9 Å². The minimum atomic E-state index is -0.788. The maximum absolute atomic E-state index is 12.3. The number of esters is 2. The molecule has 0 saturated carbocycles. The second-order valence-corrected chi connectivity index (χ2v) is 5.86. The molecule has 2 fully saturated rings. The van der Waals surface area contributed by atoms with Gasteiger partial charge in [-0.3, -0.25) is 9.69 Å². The molecule has 0 spiro atoms. The number of ether oxygens (including phenoxy) is 2. The van der Waals surface area contributed by atoms with Gasteiger partial charge in [0.25, 0.3) is 0 Å². The summed E-state index contributed by atoms with van der Waals surface area (Å²) >= 11 is 0. The van der Waals surface area contributed by atoms with Crippen LogP contribution in [-0.2, 0) is 19.1 Å². The Kier molecular flexibility index (Phi) is 2.89. The molecule has 2 heterocycles. The number of nitrogens with zero attached hydrogens (tertiary/aromatic N) is 1. The van der Waals surface area contributed by atoms with Gasteiger partial charge in [-0.05, 0) is 12.5 Å². The lowest BCUT2D eigenvalue weighted by molar-refractivity contribution is -0.174. The molecule has 5 nitrogen and oxygen atoms in total. The Bertz CT molecular complexity index is 602. The molecular formula is C16H19NO4. The van der Waals surface area contributed by atoms with Gasteiger partial charge in [0.05, 0.1) is 20.3 Å². The lowest BCUT2D eigenvalue weighted by Gasteiger charge is -2.47. The molecule has 3 rings (SSSR count). The van der Waals surface area contributed by atoms with Crippen LogP contribution in [0.25, 0.3) is 0 Å². The second-order valence-electron chi connectivity index (χ2n) is 5.86. The summed E-state index contributed by atoms with van der Waals surface area (Å²) in [6, 6.07) is 9.59. The van der Waals surface area contributed by atoms with Crippen molar-refractivity contribution in [3.63, 3.8) is 0 Å². The van der Waals surface area contributed by atoms with Crippen LogP contribution >= 0.6 is 0 Å². The zero-order valence-electron chi connectivity index (χ0n) is 12.6. The van der Waals surface area contributed by atoms with Crippen LogP contribution in [0, 0.1) is 5.92 Å². The SMILES string of the molecule is COC(=O)[C@]12[C@H](c3ccccc3)N1[C@](C)(C(=O)OC)[C@H]2C. The van der Waals surface area contributed by atoms with Crippen molar-refractivity contribution in [2.24, 2.45) is 5.92 Å². The van der Waals surface area contributed by atoms with E-state index in [1.807, 2.05) is 49.1 Å². The number of carbonyl (C=O) groups is 2. The summed E-state index contributed by atoms with van der Waals surface area (Å²) < 4.78 is 9.93. The van der Waals surface area contributed by atoms with E-state index in [0.29, 0.717) is 0 Å². The third-order valence-corrected chi connectivity index (χ3v) is 5.24. The van der Waals surface area contributed by atoms with E-state index in [-0.39, 0.29) is 23.9 Å². The van der Waals surface area contributed by atoms with Gasteiger partial charge in [0.15, 0.2) is 0 Å². The smallest absolute Gasteiger partial charge is 0.328 e. The minimum absolute atomic E-state index is 0.134. The van der Waals surface area contributed by atoms with E-state index >= 15 is 0 Å². The molecular weight excluding hydrogens is 270 g/mol. The highest BCUT2D eigenvalue weighted by atomic mass is 16.5. The van der Waals surface area contributed by atoms with Gasteiger partial charge in [-0.1, -0.05) is 37.3 Å². The summed E-state index contributed by atoms with van der Waals surface area (Å²) in [5, 5.41) is 0. The molecule has 21 heavy (non-hydrogen) atoms. The first-order valence-electron chi connectivity index (χ1n) is 6.98. The molecule has 0 amide bonds. The van der Waals surface area contributed by atoms with E-state index in [2.05, 4.69) is 0 Å². The van der Waals surface area contributed by atoms with Crippen molar-refractivity contribution in [3.8, 4) is 0 Å². The highest BCUT2D eigenvalue weighted by Gasteiger charge is 2.89. The number of hydrogen-bond donors (Lipinski definition) is 0. The molecule has 0 aromatic heterocycles. The van der Waals surface area contributed by atoms with E-state index in [9.17, 15) is 9.59 Å². The maximum atomic E-state index is 12.3. The summed E-state index contributed by atoms with van der Waals surface area (Å²) in [4.78, 5) is 26.4. The molecule has 1 aromatic rings. The molecule has 0 aliphatic carbocycles. The van der Waals surface area contributed by atoms with Gasteiger partial charge in [-0.25, -0.2) is 4.79 Å². The predicted molar refractivity (Wildman–Crippen MR) is 75.4 cm³/mol. The van der Waals surface area contributed by atoms with Crippen molar-refractivity contribution >= 4 is 11.9 Å².